The molecule has 0 aliphatic carbocycles. The molecular weight excluding hydrogens is 793 g/mol. The molecule has 3 aliphatic rings. The summed E-state index contributed by atoms with van der Waals surface area (Å²) in [5.74, 6) is -2.04. The van der Waals surface area contributed by atoms with Crippen LogP contribution in [0.15, 0.2) is 54.9 Å². The van der Waals surface area contributed by atoms with Crippen molar-refractivity contribution in [2.24, 2.45) is 18.9 Å². The third kappa shape index (κ3) is 8.94. The first-order valence-corrected chi connectivity index (χ1v) is 19.8. The predicted octanol–water partition coefficient (Wildman–Crippen LogP) is 2.74. The van der Waals surface area contributed by atoms with Gasteiger partial charge in [-0.25, -0.2) is 9.67 Å². The third-order valence-corrected chi connectivity index (χ3v) is 12.0. The number of piperazine rings is 1. The van der Waals surface area contributed by atoms with Crippen molar-refractivity contribution in [3.63, 3.8) is 0 Å². The van der Waals surface area contributed by atoms with Crippen molar-refractivity contribution in [1.29, 1.82) is 0 Å². The maximum absolute atomic E-state index is 14.2. The zero-order chi connectivity index (χ0) is 42.2. The fraction of sp³-hybridized carbons (Fsp3) is 0.450. The summed E-state index contributed by atoms with van der Waals surface area (Å²) in [6.45, 7) is 4.98. The molecule has 5 heterocycles. The number of piperidine rings is 1. The number of quaternary nitrogens is 1. The van der Waals surface area contributed by atoms with E-state index < -0.39 is 23.7 Å². The molecule has 3 saturated heterocycles. The summed E-state index contributed by atoms with van der Waals surface area (Å²) in [6.07, 6.45) is -1.17. The van der Waals surface area contributed by atoms with Gasteiger partial charge < -0.3 is 44.3 Å². The van der Waals surface area contributed by atoms with Crippen LogP contribution in [0.2, 0.25) is 5.02 Å². The zero-order valence-corrected chi connectivity index (χ0v) is 33.7. The van der Waals surface area contributed by atoms with Gasteiger partial charge in [0.05, 0.1) is 59.3 Å². The highest BCUT2D eigenvalue weighted by Crippen LogP contribution is 2.37. The van der Waals surface area contributed by atoms with Gasteiger partial charge in [-0.15, -0.1) is 0 Å². The number of nitrogens with one attached hydrogen (secondary N) is 2. The molecule has 0 unspecified atom stereocenters. The van der Waals surface area contributed by atoms with Crippen molar-refractivity contribution < 1.29 is 41.9 Å². The predicted molar refractivity (Wildman–Crippen MR) is 211 cm³/mol. The Morgan fingerprint density at radius 2 is 1.66 bits per heavy atom. The molecule has 2 N–H and O–H groups in total. The fourth-order valence-electron chi connectivity index (χ4n) is 8.26. The lowest BCUT2D eigenvalue weighted by atomic mass is 9.90. The topological polar surface area (TPSA) is 161 Å². The summed E-state index contributed by atoms with van der Waals surface area (Å²) in [5, 5.41) is 21.4. The molecule has 19 heteroatoms. The summed E-state index contributed by atoms with van der Waals surface area (Å²) in [6, 6.07) is 11.2. The highest BCUT2D eigenvalue weighted by molar-refractivity contribution is 6.34. The fourth-order valence-corrected chi connectivity index (χ4v) is 8.52. The second kappa shape index (κ2) is 16.7. The lowest BCUT2D eigenvalue weighted by Gasteiger charge is -2.47. The number of anilines is 2. The van der Waals surface area contributed by atoms with E-state index in [1.807, 2.05) is 19.0 Å². The van der Waals surface area contributed by atoms with E-state index in [1.165, 1.54) is 42.2 Å². The number of carboxylic acids is 1. The molecule has 3 aliphatic heterocycles. The van der Waals surface area contributed by atoms with Gasteiger partial charge in [0, 0.05) is 103 Å². The lowest BCUT2D eigenvalue weighted by Crippen LogP contribution is -2.63. The van der Waals surface area contributed by atoms with Crippen LogP contribution in [0.1, 0.15) is 39.5 Å². The van der Waals surface area contributed by atoms with Gasteiger partial charge in [0.25, 0.3) is 11.8 Å². The number of carbonyl (C=O) groups is 4. The van der Waals surface area contributed by atoms with Crippen molar-refractivity contribution in [1.82, 2.24) is 34.4 Å². The molecule has 2 aromatic carbocycles. The van der Waals surface area contributed by atoms with E-state index >= 15 is 0 Å². The summed E-state index contributed by atoms with van der Waals surface area (Å²) in [7, 11) is 5.13. The summed E-state index contributed by atoms with van der Waals surface area (Å²) < 4.78 is 45.5. The van der Waals surface area contributed by atoms with Crippen molar-refractivity contribution >= 4 is 46.7 Å². The van der Waals surface area contributed by atoms with Crippen LogP contribution in [-0.4, -0.2) is 137 Å². The summed E-state index contributed by atoms with van der Waals surface area (Å²) in [4.78, 5) is 61.3. The van der Waals surface area contributed by atoms with Gasteiger partial charge in [0.15, 0.2) is 11.5 Å². The molecule has 0 bridgehead atoms. The quantitative estimate of drug-likeness (QED) is 0.217. The number of hydrogen-bond donors (Lipinski definition) is 2. The van der Waals surface area contributed by atoms with Gasteiger partial charge in [0.1, 0.15) is 6.54 Å². The first-order chi connectivity index (χ1) is 28.0. The monoisotopic (exact) mass is 838 g/mol. The van der Waals surface area contributed by atoms with Crippen LogP contribution in [0.3, 0.4) is 0 Å². The van der Waals surface area contributed by atoms with Gasteiger partial charge in [-0.1, -0.05) is 11.6 Å². The number of rotatable bonds is 11. The number of nitrogens with zero attached hydrogens (tertiary/aromatic N) is 8. The number of aliphatic carboxylic acids is 1. The van der Waals surface area contributed by atoms with Crippen LogP contribution in [-0.2, 0) is 22.8 Å². The SMILES string of the molecule is CN(C)c1ccc(-n2cc(-c3cnc(C(=O)Nc4ccc(C(=O)N5CCN(C(=O)C6CC[N+](CC(=O)[O-])(CC7CNC7)CC6)CC5)c(Cl)c4)n3C)c(C(F)(F)F)n2)cc1. The average molecular weight is 839 g/mol. The summed E-state index contributed by atoms with van der Waals surface area (Å²) >= 11 is 6.56. The maximum Gasteiger partial charge on any atom is 0.435 e. The van der Waals surface area contributed by atoms with Crippen LogP contribution in [0, 0.1) is 11.8 Å². The van der Waals surface area contributed by atoms with E-state index in [0.717, 1.165) is 30.0 Å². The molecule has 4 aromatic rings. The number of halogens is 4. The number of aromatic nitrogens is 4. The van der Waals surface area contributed by atoms with E-state index in [4.69, 9.17) is 11.6 Å². The second-order valence-electron chi connectivity index (χ2n) is 15.8. The molecular formula is C40H46ClF3N10O5. The Balaban J connectivity index is 0.958. The van der Waals surface area contributed by atoms with Gasteiger partial charge >= 0.3 is 6.18 Å². The Hall–Kier alpha value is -5.46. The van der Waals surface area contributed by atoms with Crippen LogP contribution >= 0.6 is 11.6 Å². The number of likely N-dealkylation sites (tertiary alicyclic amines) is 1. The Morgan fingerprint density at radius 1 is 1.00 bits per heavy atom. The number of hydrogen-bond acceptors (Lipinski definition) is 9. The second-order valence-corrected chi connectivity index (χ2v) is 16.2. The van der Waals surface area contributed by atoms with Crippen LogP contribution < -0.4 is 20.6 Å². The smallest absolute Gasteiger partial charge is 0.435 e. The first-order valence-electron chi connectivity index (χ1n) is 19.4. The van der Waals surface area contributed by atoms with Crippen LogP contribution in [0.25, 0.3) is 16.9 Å². The van der Waals surface area contributed by atoms with E-state index in [-0.39, 0.29) is 57.6 Å². The van der Waals surface area contributed by atoms with Gasteiger partial charge in [-0.2, -0.15) is 18.3 Å². The number of alkyl halides is 3. The highest BCUT2D eigenvalue weighted by Gasteiger charge is 2.42. The van der Waals surface area contributed by atoms with E-state index in [2.05, 4.69) is 20.7 Å². The van der Waals surface area contributed by atoms with Crippen LogP contribution in [0.5, 0.6) is 0 Å². The molecule has 15 nitrogen and oxygen atoms in total. The van der Waals surface area contributed by atoms with E-state index in [0.29, 0.717) is 68.2 Å². The molecule has 7 rings (SSSR count). The zero-order valence-electron chi connectivity index (χ0n) is 33.0. The molecule has 2 aromatic heterocycles. The Bertz CT molecular complexity index is 2220. The van der Waals surface area contributed by atoms with Gasteiger partial charge in [-0.05, 0) is 42.5 Å². The average Bonchev–Trinajstić information content (AvgIpc) is 3.80. The number of imidazole rings is 1. The van der Waals surface area contributed by atoms with Crippen molar-refractivity contribution in [2.45, 2.75) is 19.0 Å². The largest absolute Gasteiger partial charge is 0.544 e. The highest BCUT2D eigenvalue weighted by atomic mass is 35.5. The summed E-state index contributed by atoms with van der Waals surface area (Å²) in [5.41, 5.74) is 0.335. The Labute approximate surface area is 343 Å². The lowest BCUT2D eigenvalue weighted by molar-refractivity contribution is -0.931. The molecule has 0 saturated carbocycles. The minimum Gasteiger partial charge on any atom is -0.544 e. The normalized spacial score (nSPS) is 19.9. The van der Waals surface area contributed by atoms with Crippen LogP contribution in [0.4, 0.5) is 24.5 Å². The standard InChI is InChI=1S/C40H46ClF3N10O5/c1-49(2)28-5-7-29(8-6-28)53-22-31(35(48-53)40(42,43)44)33-21-46-36(50(33)3)37(57)47-27-4-9-30(32(41)18-27)39(59)52-14-12-51(13-15-52)38(58)26-10-16-54(17-11-26,24-34(55)56)23-25-19-45-20-25/h4-9,18,21-22,25-26,45H,10-17,19-20,23-24H2,1-3H3,(H-,47,55,56,57,59). The van der Waals surface area contributed by atoms with Gasteiger partial charge in [0.2, 0.25) is 5.91 Å². The minimum atomic E-state index is -4.79. The number of amides is 3. The number of carbonyl (C=O) groups excluding carboxylic acids is 4. The molecule has 314 valence electrons. The van der Waals surface area contributed by atoms with Crippen molar-refractivity contribution in [3.05, 3.63) is 77.0 Å². The molecule has 59 heavy (non-hydrogen) atoms. The molecule has 3 amide bonds. The van der Waals surface area contributed by atoms with E-state index in [1.54, 1.807) is 34.1 Å². The van der Waals surface area contributed by atoms with E-state index in [9.17, 15) is 37.5 Å². The molecule has 0 atom stereocenters. The van der Waals surface area contributed by atoms with Crippen molar-refractivity contribution in [3.8, 4) is 16.9 Å². The van der Waals surface area contributed by atoms with Crippen molar-refractivity contribution in [2.75, 3.05) is 89.8 Å². The van der Waals surface area contributed by atoms with Gasteiger partial charge in [-0.3, -0.25) is 14.4 Å². The molecule has 0 radical (unpaired) electrons. The Kier molecular flexibility index (Phi) is 11.8. The number of carboxylic acid groups (broad SMARTS) is 1. The Morgan fingerprint density at radius 3 is 2.24 bits per heavy atom. The third-order valence-electron chi connectivity index (χ3n) is 11.6. The molecule has 3 fully saturated rings. The molecule has 0 spiro atoms. The minimum absolute atomic E-state index is 0.0186. The number of benzene rings is 2. The first kappa shape index (κ1) is 41.7. The maximum atomic E-state index is 14.2.